The van der Waals surface area contributed by atoms with E-state index in [9.17, 15) is 9.59 Å². The lowest BCUT2D eigenvalue weighted by molar-refractivity contribution is -0.146. The Balaban J connectivity index is 1.89. The number of amides is 1. The Kier molecular flexibility index (Phi) is 7.48. The number of esters is 1. The van der Waals surface area contributed by atoms with Gasteiger partial charge in [0.25, 0.3) is 0 Å². The number of hydrogen-bond donors (Lipinski definition) is 0. The van der Waals surface area contributed by atoms with Gasteiger partial charge in [-0.1, -0.05) is 69.4 Å². The molecule has 1 aliphatic heterocycles. The second-order valence-corrected chi connectivity index (χ2v) is 7.23. The summed E-state index contributed by atoms with van der Waals surface area (Å²) in [4.78, 5) is 25.9. The van der Waals surface area contributed by atoms with Crippen LogP contribution in [0, 0.1) is 12.8 Å². The smallest absolute Gasteiger partial charge is 0.327 e. The molecule has 2 unspecified atom stereocenters. The fraction of sp³-hybridized carbons (Fsp3) is 0.619. The predicted molar refractivity (Wildman–Crippen MR) is 99.0 cm³/mol. The van der Waals surface area contributed by atoms with Gasteiger partial charge in [0.1, 0.15) is 6.54 Å². The van der Waals surface area contributed by atoms with Gasteiger partial charge in [-0.05, 0) is 25.3 Å². The molecule has 0 bridgehead atoms. The molecule has 0 N–H and O–H groups in total. The third-order valence-corrected chi connectivity index (χ3v) is 4.84. The number of benzene rings is 1. The zero-order valence-electron chi connectivity index (χ0n) is 15.8. The van der Waals surface area contributed by atoms with E-state index in [0.29, 0.717) is 6.42 Å². The van der Waals surface area contributed by atoms with Crippen LogP contribution >= 0.6 is 0 Å². The minimum Gasteiger partial charge on any atom is -0.440 e. The highest BCUT2D eigenvalue weighted by Crippen LogP contribution is 2.24. The van der Waals surface area contributed by atoms with E-state index >= 15 is 0 Å². The van der Waals surface area contributed by atoms with Gasteiger partial charge in [0.05, 0.1) is 0 Å². The lowest BCUT2D eigenvalue weighted by Crippen LogP contribution is -2.40. The molecule has 1 amide bonds. The van der Waals surface area contributed by atoms with E-state index in [1.165, 1.54) is 30.4 Å². The first-order valence-corrected chi connectivity index (χ1v) is 9.55. The molecule has 0 aromatic heterocycles. The van der Waals surface area contributed by atoms with Crippen molar-refractivity contribution in [3.63, 3.8) is 0 Å². The van der Waals surface area contributed by atoms with Gasteiger partial charge in [0, 0.05) is 12.3 Å². The summed E-state index contributed by atoms with van der Waals surface area (Å²) in [5.74, 6) is -0.165. The average Bonchev–Trinajstić information content (AvgIpc) is 2.99. The molecule has 0 radical (unpaired) electrons. The van der Waals surface area contributed by atoms with Gasteiger partial charge < -0.3 is 4.74 Å². The van der Waals surface area contributed by atoms with Crippen molar-refractivity contribution in [3.8, 4) is 0 Å². The molecule has 4 heteroatoms. The Morgan fingerprint density at radius 1 is 1.20 bits per heavy atom. The minimum absolute atomic E-state index is 0.0445. The molecule has 1 fully saturated rings. The van der Waals surface area contributed by atoms with Gasteiger partial charge in [-0.25, -0.2) is 0 Å². The van der Waals surface area contributed by atoms with Crippen LogP contribution in [-0.2, 0) is 20.7 Å². The van der Waals surface area contributed by atoms with E-state index in [1.54, 1.807) is 4.90 Å². The molecule has 2 atom stereocenters. The number of unbranched alkanes of at least 4 members (excludes halogenated alkanes) is 4. The summed E-state index contributed by atoms with van der Waals surface area (Å²) >= 11 is 0. The Labute approximate surface area is 151 Å². The maximum absolute atomic E-state index is 12.5. The Hall–Kier alpha value is -1.84. The summed E-state index contributed by atoms with van der Waals surface area (Å²) in [6.07, 6.45) is 6.42. The van der Waals surface area contributed by atoms with E-state index in [4.69, 9.17) is 4.74 Å². The van der Waals surface area contributed by atoms with Gasteiger partial charge >= 0.3 is 5.97 Å². The van der Waals surface area contributed by atoms with Crippen LogP contribution in [0.4, 0.5) is 0 Å². The first kappa shape index (κ1) is 19.5. The molecule has 1 aliphatic rings. The van der Waals surface area contributed by atoms with Crippen LogP contribution in [0.25, 0.3) is 0 Å². The first-order chi connectivity index (χ1) is 12.0. The molecule has 25 heavy (non-hydrogen) atoms. The first-order valence-electron chi connectivity index (χ1n) is 9.55. The monoisotopic (exact) mass is 345 g/mol. The fourth-order valence-corrected chi connectivity index (χ4v) is 3.34. The Bertz CT molecular complexity index is 567. The summed E-state index contributed by atoms with van der Waals surface area (Å²) in [5, 5.41) is 0. The van der Waals surface area contributed by atoms with Crippen LogP contribution in [0.15, 0.2) is 24.3 Å². The van der Waals surface area contributed by atoms with E-state index in [2.05, 4.69) is 38.1 Å². The number of carbonyl (C=O) groups excluding carboxylic acids is 2. The standard InChI is InChI=1S/C21H31NO3/c1-4-5-6-7-8-9-19(23)22-15-20(24)25-21(22)17(3)14-18-12-10-16(2)11-13-18/h10-13,17,21H,4-9,14-15H2,1-3H3. The van der Waals surface area contributed by atoms with Crippen molar-refractivity contribution in [3.05, 3.63) is 35.4 Å². The maximum Gasteiger partial charge on any atom is 0.327 e. The lowest BCUT2D eigenvalue weighted by Gasteiger charge is -2.27. The van der Waals surface area contributed by atoms with Crippen LogP contribution in [0.3, 0.4) is 0 Å². The molecule has 1 aromatic carbocycles. The van der Waals surface area contributed by atoms with E-state index in [1.807, 2.05) is 6.92 Å². The number of aryl methyl sites for hydroxylation is 1. The van der Waals surface area contributed by atoms with Crippen molar-refractivity contribution >= 4 is 11.9 Å². The van der Waals surface area contributed by atoms with Gasteiger partial charge in [0.15, 0.2) is 6.23 Å². The summed E-state index contributed by atoms with van der Waals surface area (Å²) in [7, 11) is 0. The lowest BCUT2D eigenvalue weighted by atomic mass is 9.98. The molecular formula is C21H31NO3. The topological polar surface area (TPSA) is 46.6 Å². The van der Waals surface area contributed by atoms with Gasteiger partial charge in [-0.3, -0.25) is 14.5 Å². The average molecular weight is 345 g/mol. The van der Waals surface area contributed by atoms with Crippen LogP contribution < -0.4 is 0 Å². The van der Waals surface area contributed by atoms with Gasteiger partial charge in [-0.2, -0.15) is 0 Å². The third kappa shape index (κ3) is 5.87. The number of ether oxygens (including phenoxy) is 1. The van der Waals surface area contributed by atoms with Crippen molar-refractivity contribution in [1.29, 1.82) is 0 Å². The summed E-state index contributed by atoms with van der Waals surface area (Å²) in [6, 6.07) is 8.37. The van der Waals surface area contributed by atoms with Gasteiger partial charge in [-0.15, -0.1) is 0 Å². The summed E-state index contributed by atoms with van der Waals surface area (Å²) in [5.41, 5.74) is 2.43. The SMILES string of the molecule is CCCCCCCC(=O)N1CC(=O)OC1C(C)Cc1ccc(C)cc1. The van der Waals surface area contributed by atoms with Crippen molar-refractivity contribution in [2.24, 2.45) is 5.92 Å². The highest BCUT2D eigenvalue weighted by Gasteiger charge is 2.38. The number of cyclic esters (lactones) is 1. The van der Waals surface area contributed by atoms with Crippen LogP contribution in [-0.4, -0.2) is 29.5 Å². The predicted octanol–water partition coefficient (Wildman–Crippen LogP) is 4.25. The van der Waals surface area contributed by atoms with E-state index in [0.717, 1.165) is 19.3 Å². The largest absolute Gasteiger partial charge is 0.440 e. The molecule has 138 valence electrons. The zero-order chi connectivity index (χ0) is 18.2. The number of carbonyl (C=O) groups is 2. The van der Waals surface area contributed by atoms with Crippen LogP contribution in [0.2, 0.25) is 0 Å². The maximum atomic E-state index is 12.5. The molecule has 1 heterocycles. The normalized spacial score (nSPS) is 18.3. The Morgan fingerprint density at radius 3 is 2.56 bits per heavy atom. The van der Waals surface area contributed by atoms with Crippen LogP contribution in [0.1, 0.15) is 63.5 Å². The van der Waals surface area contributed by atoms with E-state index < -0.39 is 6.23 Å². The molecule has 4 nitrogen and oxygen atoms in total. The fourth-order valence-electron chi connectivity index (χ4n) is 3.34. The molecule has 0 spiro atoms. The van der Waals surface area contributed by atoms with Crippen molar-refractivity contribution in [1.82, 2.24) is 4.90 Å². The van der Waals surface area contributed by atoms with Crippen molar-refractivity contribution in [2.45, 2.75) is 71.9 Å². The van der Waals surface area contributed by atoms with Crippen molar-refractivity contribution in [2.75, 3.05) is 6.54 Å². The molecule has 1 saturated heterocycles. The third-order valence-electron chi connectivity index (χ3n) is 4.84. The second kappa shape index (κ2) is 9.59. The Morgan fingerprint density at radius 2 is 1.88 bits per heavy atom. The second-order valence-electron chi connectivity index (χ2n) is 7.23. The van der Waals surface area contributed by atoms with E-state index in [-0.39, 0.29) is 24.3 Å². The quantitative estimate of drug-likeness (QED) is 0.497. The highest BCUT2D eigenvalue weighted by molar-refractivity contribution is 5.84. The number of rotatable bonds is 9. The highest BCUT2D eigenvalue weighted by atomic mass is 16.6. The molecule has 0 aliphatic carbocycles. The van der Waals surface area contributed by atoms with Crippen molar-refractivity contribution < 1.29 is 14.3 Å². The van der Waals surface area contributed by atoms with Crippen LogP contribution in [0.5, 0.6) is 0 Å². The number of nitrogens with zero attached hydrogens (tertiary/aromatic N) is 1. The zero-order valence-corrected chi connectivity index (χ0v) is 15.8. The molecule has 1 aromatic rings. The van der Waals surface area contributed by atoms with Gasteiger partial charge in [0.2, 0.25) is 5.91 Å². The summed E-state index contributed by atoms with van der Waals surface area (Å²) in [6.45, 7) is 6.38. The molecular weight excluding hydrogens is 314 g/mol. The molecule has 2 rings (SSSR count). The minimum atomic E-state index is -0.433. The molecule has 0 saturated carbocycles. The number of hydrogen-bond acceptors (Lipinski definition) is 3. The summed E-state index contributed by atoms with van der Waals surface area (Å²) < 4.78 is 5.46.